The zero-order valence-corrected chi connectivity index (χ0v) is 24.1. The molecular weight excluding hydrogens is 549 g/mol. The van der Waals surface area contributed by atoms with E-state index in [1.807, 2.05) is 30.8 Å². The first-order valence-electron chi connectivity index (χ1n) is 13.5. The maximum atomic E-state index is 13.8. The van der Waals surface area contributed by atoms with Crippen LogP contribution in [0.1, 0.15) is 33.5 Å². The van der Waals surface area contributed by atoms with Crippen LogP contribution in [0.15, 0.2) is 42.6 Å². The Labute approximate surface area is 242 Å². The summed E-state index contributed by atoms with van der Waals surface area (Å²) in [5.74, 6) is 0.205. The van der Waals surface area contributed by atoms with Gasteiger partial charge in [0.2, 0.25) is 5.95 Å². The molecule has 42 heavy (non-hydrogen) atoms. The minimum Gasteiger partial charge on any atom is -0.370 e. The fourth-order valence-corrected chi connectivity index (χ4v) is 5.29. The molecule has 2 N–H and O–H groups in total. The molecule has 13 heteroatoms. The van der Waals surface area contributed by atoms with Crippen molar-refractivity contribution in [3.05, 3.63) is 64.8 Å². The van der Waals surface area contributed by atoms with E-state index in [2.05, 4.69) is 20.6 Å². The largest absolute Gasteiger partial charge is 0.416 e. The molecule has 0 aliphatic carbocycles. The van der Waals surface area contributed by atoms with Crippen LogP contribution >= 0.6 is 0 Å². The maximum absolute atomic E-state index is 13.8. The molecule has 1 atom stereocenters. The van der Waals surface area contributed by atoms with Crippen molar-refractivity contribution in [2.24, 2.45) is 0 Å². The first-order valence-corrected chi connectivity index (χ1v) is 13.5. The quantitative estimate of drug-likeness (QED) is 0.431. The third-order valence-corrected chi connectivity index (χ3v) is 7.75. The Morgan fingerprint density at radius 1 is 1.14 bits per heavy atom. The molecule has 2 aliphatic rings. The van der Waals surface area contributed by atoms with Gasteiger partial charge in [-0.3, -0.25) is 14.6 Å². The summed E-state index contributed by atoms with van der Waals surface area (Å²) in [4.78, 5) is 42.2. The number of nitrogens with zero attached hydrogens (tertiary/aromatic N) is 6. The third kappa shape index (κ3) is 5.69. The van der Waals surface area contributed by atoms with E-state index in [0.29, 0.717) is 41.9 Å². The average Bonchev–Trinajstić information content (AvgIpc) is 3.46. The van der Waals surface area contributed by atoms with Crippen LogP contribution < -0.4 is 25.3 Å². The van der Waals surface area contributed by atoms with Crippen molar-refractivity contribution < 1.29 is 22.8 Å². The van der Waals surface area contributed by atoms with Gasteiger partial charge in [0, 0.05) is 61.9 Å². The molecule has 10 nitrogen and oxygen atoms in total. The number of nitrogens with one attached hydrogen (secondary N) is 2. The van der Waals surface area contributed by atoms with Crippen molar-refractivity contribution >= 4 is 40.8 Å². The highest BCUT2D eigenvalue weighted by atomic mass is 19.4. The Hall–Kier alpha value is -4.39. The predicted molar refractivity (Wildman–Crippen MR) is 156 cm³/mol. The SMILES string of the molecule is CNc1ncc2c(n1)N(C)C(=O)N(c1cc(NC(=O)c3cc(N4CCC(N(C)C)C4)cc(C(F)(F)F)c3)ccc1C)C2. The number of alkyl halides is 3. The fraction of sp³-hybridized carbons (Fsp3) is 0.379. The number of hydrogen-bond acceptors (Lipinski definition) is 7. The lowest BCUT2D eigenvalue weighted by molar-refractivity contribution is -0.137. The number of aryl methyl sites for hydroxylation is 1. The minimum atomic E-state index is -4.61. The number of fused-ring (bicyclic) bond motifs is 1. The number of urea groups is 1. The molecule has 2 aliphatic heterocycles. The van der Waals surface area contributed by atoms with Crippen molar-refractivity contribution in [1.29, 1.82) is 0 Å². The second-order valence-electron chi connectivity index (χ2n) is 10.8. The van der Waals surface area contributed by atoms with E-state index >= 15 is 0 Å². The van der Waals surface area contributed by atoms with Gasteiger partial charge >= 0.3 is 12.2 Å². The van der Waals surface area contributed by atoms with E-state index in [1.165, 1.54) is 11.0 Å². The summed E-state index contributed by atoms with van der Waals surface area (Å²) in [6.45, 7) is 3.21. The van der Waals surface area contributed by atoms with Gasteiger partial charge < -0.3 is 20.4 Å². The van der Waals surface area contributed by atoms with Crippen molar-refractivity contribution in [2.45, 2.75) is 32.1 Å². The highest BCUT2D eigenvalue weighted by Gasteiger charge is 2.34. The van der Waals surface area contributed by atoms with E-state index in [4.69, 9.17) is 0 Å². The highest BCUT2D eigenvalue weighted by Crippen LogP contribution is 2.36. The van der Waals surface area contributed by atoms with Gasteiger partial charge in [-0.05, 0) is 63.3 Å². The summed E-state index contributed by atoms with van der Waals surface area (Å²) in [5, 5.41) is 5.59. The fourth-order valence-electron chi connectivity index (χ4n) is 5.29. The molecular formula is C29H33F3N8O2. The molecule has 0 radical (unpaired) electrons. The number of halogens is 3. The molecule has 3 aromatic rings. The molecule has 1 fully saturated rings. The van der Waals surface area contributed by atoms with Crippen LogP contribution in [-0.2, 0) is 12.7 Å². The van der Waals surface area contributed by atoms with E-state index < -0.39 is 17.6 Å². The number of anilines is 5. The molecule has 0 saturated carbocycles. The van der Waals surface area contributed by atoms with Crippen LogP contribution in [0.3, 0.4) is 0 Å². The van der Waals surface area contributed by atoms with Gasteiger partial charge in [0.05, 0.1) is 17.8 Å². The number of carbonyl (C=O) groups excluding carboxylic acids is 2. The van der Waals surface area contributed by atoms with E-state index in [0.717, 1.165) is 29.7 Å². The van der Waals surface area contributed by atoms with E-state index in [9.17, 15) is 22.8 Å². The summed E-state index contributed by atoms with van der Waals surface area (Å²) < 4.78 is 41.5. The molecule has 0 spiro atoms. The molecule has 5 rings (SSSR count). The number of aromatic nitrogens is 2. The normalized spacial score (nSPS) is 17.1. The van der Waals surface area contributed by atoms with Crippen LogP contribution in [-0.4, -0.2) is 74.1 Å². The van der Waals surface area contributed by atoms with Gasteiger partial charge in [-0.1, -0.05) is 6.07 Å². The number of amides is 3. The van der Waals surface area contributed by atoms with E-state index in [1.54, 1.807) is 43.4 Å². The summed E-state index contributed by atoms with van der Waals surface area (Å²) in [5.41, 5.74) is 1.77. The summed E-state index contributed by atoms with van der Waals surface area (Å²) in [6, 6.07) is 8.40. The maximum Gasteiger partial charge on any atom is 0.416 e. The second-order valence-corrected chi connectivity index (χ2v) is 10.8. The van der Waals surface area contributed by atoms with E-state index in [-0.39, 0.29) is 24.2 Å². The number of benzene rings is 2. The Morgan fingerprint density at radius 3 is 2.57 bits per heavy atom. The lowest BCUT2D eigenvalue weighted by Crippen LogP contribution is -2.46. The molecule has 3 heterocycles. The van der Waals surface area contributed by atoms with Gasteiger partial charge in [-0.15, -0.1) is 0 Å². The van der Waals surface area contributed by atoms with Crippen LogP contribution in [0, 0.1) is 6.92 Å². The topological polar surface area (TPSA) is 96.9 Å². The molecule has 0 bridgehead atoms. The van der Waals surface area contributed by atoms with Gasteiger partial charge in [-0.25, -0.2) is 9.78 Å². The highest BCUT2D eigenvalue weighted by molar-refractivity contribution is 6.07. The van der Waals surface area contributed by atoms with Gasteiger partial charge in [0.1, 0.15) is 5.82 Å². The molecule has 3 amide bonds. The van der Waals surface area contributed by atoms with Crippen molar-refractivity contribution in [1.82, 2.24) is 14.9 Å². The molecule has 2 aromatic carbocycles. The standard InChI is InChI=1S/C29H33F3N8O2/c1-17-6-7-21(13-24(17)40-15-19-14-34-27(33-2)36-25(19)38(5)28(40)42)35-26(41)18-10-20(29(30,31)32)12-23(11-18)39-9-8-22(16-39)37(3)4/h6-7,10-14,22H,8-9,15-16H2,1-5H3,(H,35,41)(H,33,34,36). The van der Waals surface area contributed by atoms with Crippen molar-refractivity contribution in [3.63, 3.8) is 0 Å². The number of hydrogen-bond donors (Lipinski definition) is 2. The monoisotopic (exact) mass is 582 g/mol. The molecule has 1 aromatic heterocycles. The Balaban J connectivity index is 1.42. The van der Waals surface area contributed by atoms with Crippen LogP contribution in [0.25, 0.3) is 0 Å². The number of carbonyl (C=O) groups is 2. The average molecular weight is 583 g/mol. The number of rotatable bonds is 6. The van der Waals surface area contributed by atoms with Crippen molar-refractivity contribution in [2.75, 3.05) is 66.6 Å². The smallest absolute Gasteiger partial charge is 0.370 e. The summed E-state index contributed by atoms with van der Waals surface area (Å²) >= 11 is 0. The zero-order valence-electron chi connectivity index (χ0n) is 24.1. The lowest BCUT2D eigenvalue weighted by atomic mass is 10.1. The third-order valence-electron chi connectivity index (χ3n) is 7.75. The first-order chi connectivity index (χ1) is 19.8. The minimum absolute atomic E-state index is 0.101. The van der Waals surface area contributed by atoms with Crippen LogP contribution in [0.4, 0.5) is 46.8 Å². The lowest BCUT2D eigenvalue weighted by Gasteiger charge is -2.35. The predicted octanol–water partition coefficient (Wildman–Crippen LogP) is 4.81. The van der Waals surface area contributed by atoms with Crippen LogP contribution in [0.5, 0.6) is 0 Å². The summed E-state index contributed by atoms with van der Waals surface area (Å²) in [6.07, 6.45) is -2.15. The molecule has 1 unspecified atom stereocenters. The van der Waals surface area contributed by atoms with Gasteiger partial charge in [-0.2, -0.15) is 18.2 Å². The van der Waals surface area contributed by atoms with Crippen molar-refractivity contribution in [3.8, 4) is 0 Å². The number of likely N-dealkylation sites (N-methyl/N-ethyl adjacent to an activating group) is 1. The van der Waals surface area contributed by atoms with Gasteiger partial charge in [0.25, 0.3) is 5.91 Å². The first kappa shape index (κ1) is 29.1. The second kappa shape index (κ2) is 11.1. The molecule has 222 valence electrons. The Kier molecular flexibility index (Phi) is 7.71. The molecule has 1 saturated heterocycles. The van der Waals surface area contributed by atoms with Crippen LogP contribution in [0.2, 0.25) is 0 Å². The summed E-state index contributed by atoms with van der Waals surface area (Å²) in [7, 11) is 7.19. The Morgan fingerprint density at radius 2 is 1.90 bits per heavy atom. The Bertz CT molecular complexity index is 1530. The zero-order chi connectivity index (χ0) is 30.3. The van der Waals surface area contributed by atoms with Gasteiger partial charge in [0.15, 0.2) is 0 Å².